The lowest BCUT2D eigenvalue weighted by molar-refractivity contribution is 0.0185. The number of anilines is 1. The minimum Gasteiger partial charge on any atom is -0.403 e. The molecule has 2 aliphatic carbocycles. The number of aliphatic hydroxyl groups is 1. The summed E-state index contributed by atoms with van der Waals surface area (Å²) >= 11 is 0. The van der Waals surface area contributed by atoms with E-state index in [1.807, 2.05) is 18.7 Å². The average molecular weight is 487 g/mol. The molecule has 2 fully saturated rings. The number of aliphatic imine (C=N–C) groups is 2. The first-order valence-corrected chi connectivity index (χ1v) is 12.4. The molecule has 190 valence electrons. The summed E-state index contributed by atoms with van der Waals surface area (Å²) in [5, 5.41) is 17.0. The first-order chi connectivity index (χ1) is 16.7. The predicted octanol–water partition coefficient (Wildman–Crippen LogP) is 4.58. The molecule has 0 unspecified atom stereocenters. The molecule has 1 aromatic rings. The Balaban J connectivity index is 1.63. The molecule has 0 aromatic heterocycles. The van der Waals surface area contributed by atoms with Crippen molar-refractivity contribution in [3.05, 3.63) is 54.1 Å². The number of rotatable bonds is 6. The normalized spacial score (nSPS) is 25.9. The van der Waals surface area contributed by atoms with Crippen molar-refractivity contribution in [3.63, 3.8) is 0 Å². The highest BCUT2D eigenvalue weighted by Gasteiger charge is 2.42. The lowest BCUT2D eigenvalue weighted by Gasteiger charge is -2.31. The molecule has 2 atom stereocenters. The second kappa shape index (κ2) is 10.4. The number of halogens is 2. The quantitative estimate of drug-likeness (QED) is 0.472. The van der Waals surface area contributed by atoms with Crippen molar-refractivity contribution in [1.29, 1.82) is 0 Å². The Morgan fingerprint density at radius 2 is 1.97 bits per heavy atom. The predicted molar refractivity (Wildman–Crippen MR) is 136 cm³/mol. The lowest BCUT2D eigenvalue weighted by Crippen LogP contribution is -2.44. The first-order valence-electron chi connectivity index (χ1n) is 12.4. The summed E-state index contributed by atoms with van der Waals surface area (Å²) in [7, 11) is 0. The van der Waals surface area contributed by atoms with Gasteiger partial charge in [0, 0.05) is 24.4 Å². The average Bonchev–Trinajstić information content (AvgIpc) is 3.41. The largest absolute Gasteiger partial charge is 0.403 e. The van der Waals surface area contributed by atoms with Crippen LogP contribution >= 0.6 is 0 Å². The van der Waals surface area contributed by atoms with Crippen LogP contribution in [0, 0.1) is 17.6 Å². The zero-order chi connectivity index (χ0) is 25.2. The third-order valence-corrected chi connectivity index (χ3v) is 7.23. The van der Waals surface area contributed by atoms with Gasteiger partial charge in [-0.15, -0.1) is 0 Å². The molecule has 0 saturated heterocycles. The van der Waals surface area contributed by atoms with Gasteiger partial charge in [0.15, 0.2) is 5.84 Å². The Hall–Kier alpha value is -2.94. The SMILES string of the molecule is C=C(/N=C1\C(=C/N)N=C(Nc2ccc(F)cc2F)N1[C@@H]1CC[C@H](C(C)(C)O)C1)NC1CCCCC1. The summed E-state index contributed by atoms with van der Waals surface area (Å²) in [4.78, 5) is 11.3. The molecule has 0 radical (unpaired) electrons. The Morgan fingerprint density at radius 1 is 1.23 bits per heavy atom. The van der Waals surface area contributed by atoms with E-state index in [4.69, 9.17) is 10.7 Å². The Kier molecular flexibility index (Phi) is 7.44. The fraction of sp³-hybridized carbons (Fsp3) is 0.538. The molecule has 0 amide bonds. The van der Waals surface area contributed by atoms with Crippen molar-refractivity contribution in [2.45, 2.75) is 82.9 Å². The van der Waals surface area contributed by atoms with Crippen LogP contribution < -0.4 is 16.4 Å². The minimum absolute atomic E-state index is 0.0418. The molecule has 1 heterocycles. The van der Waals surface area contributed by atoms with Crippen LogP contribution in [0.5, 0.6) is 0 Å². The van der Waals surface area contributed by atoms with Crippen LogP contribution in [-0.4, -0.2) is 39.5 Å². The number of nitrogens with one attached hydrogen (secondary N) is 2. The van der Waals surface area contributed by atoms with Crippen LogP contribution in [0.1, 0.15) is 65.2 Å². The number of hydrogen-bond acceptors (Lipinski definition) is 6. The zero-order valence-corrected chi connectivity index (χ0v) is 20.5. The molecular formula is C26H36F2N6O. The fourth-order valence-corrected chi connectivity index (χ4v) is 5.29. The van der Waals surface area contributed by atoms with E-state index < -0.39 is 17.2 Å². The van der Waals surface area contributed by atoms with Crippen molar-refractivity contribution in [2.24, 2.45) is 21.6 Å². The number of benzene rings is 1. The maximum absolute atomic E-state index is 14.5. The number of amidine groups is 1. The maximum Gasteiger partial charge on any atom is 0.210 e. The van der Waals surface area contributed by atoms with Gasteiger partial charge >= 0.3 is 0 Å². The summed E-state index contributed by atoms with van der Waals surface area (Å²) in [6.07, 6.45) is 9.48. The summed E-state index contributed by atoms with van der Waals surface area (Å²) < 4.78 is 27.9. The van der Waals surface area contributed by atoms with Crippen molar-refractivity contribution in [3.8, 4) is 0 Å². The highest BCUT2D eigenvalue weighted by Crippen LogP contribution is 2.38. The standard InChI is InChI=1S/C26H36F2N6O/c1-16(30-19-7-5-4-6-8-19)31-24-23(15-29)33-25(32-22-12-10-18(27)14-21(22)28)34(24)20-11-9-17(13-20)26(2,3)35/h10,12,14-15,17,19-20,30,35H,1,4-9,11,13,29H2,2-3H3,(H,32,33)/b23-15+,31-24+/t17-,20+/m0/s1. The van der Waals surface area contributed by atoms with Gasteiger partial charge in [0.05, 0.1) is 11.3 Å². The highest BCUT2D eigenvalue weighted by molar-refractivity contribution is 6.18. The van der Waals surface area contributed by atoms with Crippen LogP contribution in [0.2, 0.25) is 0 Å². The van der Waals surface area contributed by atoms with Crippen molar-refractivity contribution in [1.82, 2.24) is 10.2 Å². The van der Waals surface area contributed by atoms with Gasteiger partial charge in [-0.3, -0.25) is 4.90 Å². The van der Waals surface area contributed by atoms with Crippen molar-refractivity contribution >= 4 is 17.5 Å². The van der Waals surface area contributed by atoms with Gasteiger partial charge in [-0.1, -0.05) is 25.8 Å². The number of guanidine groups is 1. The van der Waals surface area contributed by atoms with Crippen LogP contribution in [0.3, 0.4) is 0 Å². The van der Waals surface area contributed by atoms with Crippen LogP contribution in [0.15, 0.2) is 52.5 Å². The van der Waals surface area contributed by atoms with E-state index in [2.05, 4.69) is 22.2 Å². The Morgan fingerprint density at radius 3 is 2.60 bits per heavy atom. The molecule has 9 heteroatoms. The van der Waals surface area contributed by atoms with Gasteiger partial charge in [-0.25, -0.2) is 18.8 Å². The molecule has 0 bridgehead atoms. The van der Waals surface area contributed by atoms with Crippen molar-refractivity contribution < 1.29 is 13.9 Å². The molecular weight excluding hydrogens is 450 g/mol. The summed E-state index contributed by atoms with van der Waals surface area (Å²) in [6, 6.07) is 3.64. The van der Waals surface area contributed by atoms with Crippen LogP contribution in [0.4, 0.5) is 14.5 Å². The fourth-order valence-electron chi connectivity index (χ4n) is 5.29. The molecule has 1 aromatic carbocycles. The van der Waals surface area contributed by atoms with E-state index in [0.29, 0.717) is 35.8 Å². The number of nitrogens with zero attached hydrogens (tertiary/aromatic N) is 3. The third-order valence-electron chi connectivity index (χ3n) is 7.23. The first kappa shape index (κ1) is 25.2. The smallest absolute Gasteiger partial charge is 0.210 e. The third kappa shape index (κ3) is 5.83. The summed E-state index contributed by atoms with van der Waals surface area (Å²) in [5.41, 5.74) is 5.65. The molecule has 2 saturated carbocycles. The maximum atomic E-state index is 14.5. The van der Waals surface area contributed by atoms with E-state index in [1.54, 1.807) is 0 Å². The molecule has 35 heavy (non-hydrogen) atoms. The van der Waals surface area contributed by atoms with Gasteiger partial charge in [-0.05, 0) is 64.0 Å². The highest BCUT2D eigenvalue weighted by atomic mass is 19.1. The van der Waals surface area contributed by atoms with E-state index in [0.717, 1.165) is 31.7 Å². The lowest BCUT2D eigenvalue weighted by atomic mass is 9.89. The van der Waals surface area contributed by atoms with Gasteiger partial charge in [0.25, 0.3) is 0 Å². The summed E-state index contributed by atoms with van der Waals surface area (Å²) in [6.45, 7) is 7.76. The topological polar surface area (TPSA) is 98.3 Å². The second-order valence-corrected chi connectivity index (χ2v) is 10.3. The van der Waals surface area contributed by atoms with Gasteiger partial charge in [0.2, 0.25) is 5.96 Å². The minimum atomic E-state index is -0.821. The number of nitrogens with two attached hydrogens (primary N) is 1. The van der Waals surface area contributed by atoms with E-state index in [-0.39, 0.29) is 17.6 Å². The van der Waals surface area contributed by atoms with E-state index in [1.165, 1.54) is 37.6 Å². The molecule has 3 aliphatic rings. The molecule has 0 spiro atoms. The van der Waals surface area contributed by atoms with Crippen LogP contribution in [-0.2, 0) is 0 Å². The molecule has 5 N–H and O–H groups in total. The molecule has 1 aliphatic heterocycles. The zero-order valence-electron chi connectivity index (χ0n) is 20.5. The van der Waals surface area contributed by atoms with Crippen molar-refractivity contribution in [2.75, 3.05) is 5.32 Å². The molecule has 7 nitrogen and oxygen atoms in total. The van der Waals surface area contributed by atoms with Gasteiger partial charge in [-0.2, -0.15) is 0 Å². The number of hydrogen-bond donors (Lipinski definition) is 4. The molecule has 4 rings (SSSR count). The van der Waals surface area contributed by atoms with Gasteiger partial charge in [0.1, 0.15) is 23.2 Å². The Bertz CT molecular complexity index is 1040. The monoisotopic (exact) mass is 486 g/mol. The van der Waals surface area contributed by atoms with Gasteiger partial charge < -0.3 is 21.5 Å². The van der Waals surface area contributed by atoms with Crippen LogP contribution in [0.25, 0.3) is 0 Å². The second-order valence-electron chi connectivity index (χ2n) is 10.3. The van der Waals surface area contributed by atoms with E-state index in [9.17, 15) is 13.9 Å². The van der Waals surface area contributed by atoms with E-state index >= 15 is 0 Å². The Labute approximate surface area is 205 Å². The summed E-state index contributed by atoms with van der Waals surface area (Å²) in [5.74, 6) is 0.118.